The van der Waals surface area contributed by atoms with Gasteiger partial charge in [0.15, 0.2) is 5.96 Å². The first-order valence-electron chi connectivity index (χ1n) is 7.75. The summed E-state index contributed by atoms with van der Waals surface area (Å²) in [6.07, 6.45) is 2.38. The maximum atomic E-state index is 5.70. The Kier molecular flexibility index (Phi) is 7.03. The highest BCUT2D eigenvalue weighted by Gasteiger charge is 2.04. The number of guanidine groups is 1. The molecule has 0 aliphatic heterocycles. The molecule has 1 aromatic heterocycles. The number of aliphatic imine (C=N–C) groups is 1. The molecule has 1 heterocycles. The van der Waals surface area contributed by atoms with Crippen molar-refractivity contribution in [3.8, 4) is 5.75 Å². The summed E-state index contributed by atoms with van der Waals surface area (Å²) in [6, 6.07) is 7.75. The van der Waals surface area contributed by atoms with Crippen LogP contribution in [0, 0.1) is 0 Å². The lowest BCUT2D eigenvalue weighted by Crippen LogP contribution is -2.31. The molecular formula is C16H24N6O2. The van der Waals surface area contributed by atoms with Gasteiger partial charge in [-0.15, -0.1) is 0 Å². The van der Waals surface area contributed by atoms with Gasteiger partial charge in [-0.25, -0.2) is 4.98 Å². The van der Waals surface area contributed by atoms with Gasteiger partial charge in [-0.1, -0.05) is 6.07 Å². The van der Waals surface area contributed by atoms with Crippen LogP contribution in [0.1, 0.15) is 12.2 Å². The van der Waals surface area contributed by atoms with Crippen molar-refractivity contribution in [1.82, 2.24) is 20.1 Å². The molecule has 2 aromatic rings. The topological polar surface area (TPSA) is 85.6 Å². The molecule has 0 radical (unpaired) electrons. The molecule has 0 spiro atoms. The average molecular weight is 332 g/mol. The van der Waals surface area contributed by atoms with Gasteiger partial charge in [-0.3, -0.25) is 9.67 Å². The minimum absolute atomic E-state index is 0.531. The number of methoxy groups -OCH3 is 1. The number of benzene rings is 1. The van der Waals surface area contributed by atoms with Crippen LogP contribution < -0.4 is 15.4 Å². The van der Waals surface area contributed by atoms with Gasteiger partial charge in [-0.2, -0.15) is 5.10 Å². The van der Waals surface area contributed by atoms with Gasteiger partial charge >= 0.3 is 0 Å². The fourth-order valence-corrected chi connectivity index (χ4v) is 2.02. The quantitative estimate of drug-likeness (QED) is 0.432. The maximum Gasteiger partial charge on any atom is 0.195 e. The standard InChI is InChI=1S/C16H24N6O2/c1-17-16(18-11-15-19-12-20-22(15)2)21-13-6-4-7-14(10-13)24-9-5-8-23-3/h4,6-7,10,12H,5,8-9,11H2,1-3H3,(H2,17,18,21). The highest BCUT2D eigenvalue weighted by Crippen LogP contribution is 2.17. The number of ether oxygens (including phenoxy) is 2. The van der Waals surface area contributed by atoms with E-state index in [-0.39, 0.29) is 0 Å². The molecule has 8 heteroatoms. The second-order valence-electron chi connectivity index (χ2n) is 5.07. The van der Waals surface area contributed by atoms with Gasteiger partial charge in [0.2, 0.25) is 0 Å². The molecule has 24 heavy (non-hydrogen) atoms. The summed E-state index contributed by atoms with van der Waals surface area (Å²) >= 11 is 0. The monoisotopic (exact) mass is 332 g/mol. The third kappa shape index (κ3) is 5.54. The Hall–Kier alpha value is -2.61. The molecule has 8 nitrogen and oxygen atoms in total. The van der Waals surface area contributed by atoms with E-state index in [4.69, 9.17) is 9.47 Å². The number of anilines is 1. The van der Waals surface area contributed by atoms with Gasteiger partial charge in [0.1, 0.15) is 17.9 Å². The molecule has 0 aliphatic rings. The zero-order chi connectivity index (χ0) is 17.2. The lowest BCUT2D eigenvalue weighted by Gasteiger charge is -2.13. The fourth-order valence-electron chi connectivity index (χ4n) is 2.02. The van der Waals surface area contributed by atoms with Gasteiger partial charge in [0.25, 0.3) is 0 Å². The van der Waals surface area contributed by atoms with Crippen molar-refractivity contribution in [2.45, 2.75) is 13.0 Å². The van der Waals surface area contributed by atoms with Crippen LogP contribution >= 0.6 is 0 Å². The summed E-state index contributed by atoms with van der Waals surface area (Å²) < 4.78 is 12.4. The largest absolute Gasteiger partial charge is 0.493 e. The van der Waals surface area contributed by atoms with E-state index >= 15 is 0 Å². The van der Waals surface area contributed by atoms with Gasteiger partial charge in [0, 0.05) is 46.0 Å². The van der Waals surface area contributed by atoms with Crippen LogP contribution in [0.4, 0.5) is 5.69 Å². The predicted octanol–water partition coefficient (Wildman–Crippen LogP) is 1.42. The van der Waals surface area contributed by atoms with E-state index in [0.29, 0.717) is 25.7 Å². The zero-order valence-corrected chi connectivity index (χ0v) is 14.3. The number of rotatable bonds is 8. The summed E-state index contributed by atoms with van der Waals surface area (Å²) in [5, 5.41) is 10.5. The summed E-state index contributed by atoms with van der Waals surface area (Å²) in [4.78, 5) is 8.38. The summed E-state index contributed by atoms with van der Waals surface area (Å²) in [7, 11) is 5.26. The van der Waals surface area contributed by atoms with E-state index in [2.05, 4.69) is 25.7 Å². The normalized spacial score (nSPS) is 11.4. The van der Waals surface area contributed by atoms with Crippen molar-refractivity contribution < 1.29 is 9.47 Å². The second kappa shape index (κ2) is 9.51. The van der Waals surface area contributed by atoms with E-state index in [9.17, 15) is 0 Å². The van der Waals surface area contributed by atoms with Crippen LogP contribution in [0.25, 0.3) is 0 Å². The van der Waals surface area contributed by atoms with E-state index in [0.717, 1.165) is 23.7 Å². The summed E-state index contributed by atoms with van der Waals surface area (Å²) in [5.41, 5.74) is 0.894. The number of nitrogens with zero attached hydrogens (tertiary/aromatic N) is 4. The number of aryl methyl sites for hydroxylation is 1. The number of hydrogen-bond donors (Lipinski definition) is 2. The Bertz CT molecular complexity index is 656. The fraction of sp³-hybridized carbons (Fsp3) is 0.438. The minimum Gasteiger partial charge on any atom is -0.493 e. The molecular weight excluding hydrogens is 308 g/mol. The molecule has 0 saturated carbocycles. The Labute approximate surface area is 141 Å². The molecule has 130 valence electrons. The molecule has 0 amide bonds. The summed E-state index contributed by atoms with van der Waals surface area (Å²) in [5.74, 6) is 2.28. The molecule has 0 unspecified atom stereocenters. The van der Waals surface area contributed by atoms with Crippen molar-refractivity contribution in [2.75, 3.05) is 32.7 Å². The van der Waals surface area contributed by atoms with Crippen molar-refractivity contribution in [3.05, 3.63) is 36.4 Å². The average Bonchev–Trinajstić information content (AvgIpc) is 3.01. The Morgan fingerprint density at radius 1 is 1.33 bits per heavy atom. The van der Waals surface area contributed by atoms with Crippen molar-refractivity contribution in [1.29, 1.82) is 0 Å². The molecule has 0 saturated heterocycles. The lowest BCUT2D eigenvalue weighted by molar-refractivity contribution is 0.172. The van der Waals surface area contributed by atoms with E-state index in [1.165, 1.54) is 6.33 Å². The van der Waals surface area contributed by atoms with Crippen LogP contribution in [-0.4, -0.2) is 48.1 Å². The molecule has 0 bridgehead atoms. The van der Waals surface area contributed by atoms with E-state index in [1.54, 1.807) is 18.8 Å². The van der Waals surface area contributed by atoms with Gasteiger partial charge in [-0.05, 0) is 12.1 Å². The van der Waals surface area contributed by atoms with Gasteiger partial charge in [0.05, 0.1) is 13.2 Å². The van der Waals surface area contributed by atoms with Crippen molar-refractivity contribution >= 4 is 11.6 Å². The first-order valence-corrected chi connectivity index (χ1v) is 7.75. The Morgan fingerprint density at radius 2 is 2.21 bits per heavy atom. The first kappa shape index (κ1) is 17.7. The molecule has 1 aromatic carbocycles. The van der Waals surface area contributed by atoms with E-state index in [1.807, 2.05) is 31.3 Å². The van der Waals surface area contributed by atoms with Gasteiger partial charge < -0.3 is 20.1 Å². The SMILES string of the molecule is CN=C(NCc1ncnn1C)Nc1cccc(OCCCOC)c1. The van der Waals surface area contributed by atoms with Crippen molar-refractivity contribution in [3.63, 3.8) is 0 Å². The van der Waals surface area contributed by atoms with Crippen LogP contribution in [-0.2, 0) is 18.3 Å². The lowest BCUT2D eigenvalue weighted by atomic mass is 10.3. The van der Waals surface area contributed by atoms with Crippen LogP contribution in [0.15, 0.2) is 35.6 Å². The second-order valence-corrected chi connectivity index (χ2v) is 5.07. The molecule has 2 N–H and O–H groups in total. The first-order chi connectivity index (χ1) is 11.7. The zero-order valence-electron chi connectivity index (χ0n) is 14.3. The molecule has 2 rings (SSSR count). The molecule has 0 atom stereocenters. The Balaban J connectivity index is 1.87. The summed E-state index contributed by atoms with van der Waals surface area (Å²) in [6.45, 7) is 1.84. The van der Waals surface area contributed by atoms with Crippen molar-refractivity contribution in [2.24, 2.45) is 12.0 Å². The number of aromatic nitrogens is 3. The van der Waals surface area contributed by atoms with Crippen LogP contribution in [0.2, 0.25) is 0 Å². The highest BCUT2D eigenvalue weighted by atomic mass is 16.5. The number of hydrogen-bond acceptors (Lipinski definition) is 5. The molecule has 0 aliphatic carbocycles. The third-order valence-corrected chi connectivity index (χ3v) is 3.30. The smallest absolute Gasteiger partial charge is 0.195 e. The van der Waals surface area contributed by atoms with Crippen LogP contribution in [0.5, 0.6) is 5.75 Å². The molecule has 0 fully saturated rings. The minimum atomic E-state index is 0.531. The highest BCUT2D eigenvalue weighted by molar-refractivity contribution is 5.93. The third-order valence-electron chi connectivity index (χ3n) is 3.30. The predicted molar refractivity (Wildman–Crippen MR) is 93.3 cm³/mol. The Morgan fingerprint density at radius 3 is 2.92 bits per heavy atom. The van der Waals surface area contributed by atoms with Crippen LogP contribution in [0.3, 0.4) is 0 Å². The van der Waals surface area contributed by atoms with E-state index < -0.39 is 0 Å². The number of nitrogens with one attached hydrogen (secondary N) is 2. The maximum absolute atomic E-state index is 5.70.